The summed E-state index contributed by atoms with van der Waals surface area (Å²) >= 11 is 4.29. The van der Waals surface area contributed by atoms with Gasteiger partial charge in [-0.15, -0.1) is 10.2 Å². The van der Waals surface area contributed by atoms with Gasteiger partial charge in [0.1, 0.15) is 11.6 Å². The average Bonchev–Trinajstić information content (AvgIpc) is 2.96. The minimum Gasteiger partial charge on any atom is -0.323 e. The van der Waals surface area contributed by atoms with Crippen molar-refractivity contribution in [1.82, 2.24) is 10.2 Å². The van der Waals surface area contributed by atoms with Gasteiger partial charge in [-0.2, -0.15) is 0 Å². The van der Waals surface area contributed by atoms with Crippen molar-refractivity contribution < 1.29 is 13.6 Å². The molecule has 24 heavy (non-hydrogen) atoms. The van der Waals surface area contributed by atoms with Crippen molar-refractivity contribution in [2.45, 2.75) is 34.7 Å². The maximum Gasteiger partial charge on any atom is 0.237 e. The highest BCUT2D eigenvalue weighted by Crippen LogP contribution is 2.32. The SMILES string of the molecule is CC(C)CSc1nnc(S[C@@H](C)C(=O)Nc2cc(F)ccc2F)s1. The second-order valence-electron chi connectivity index (χ2n) is 5.41. The van der Waals surface area contributed by atoms with E-state index >= 15 is 0 Å². The average molecular weight is 390 g/mol. The van der Waals surface area contributed by atoms with Crippen LogP contribution in [0.5, 0.6) is 0 Å². The van der Waals surface area contributed by atoms with Gasteiger partial charge in [0.25, 0.3) is 0 Å². The third kappa shape index (κ3) is 5.71. The van der Waals surface area contributed by atoms with E-state index in [1.807, 2.05) is 0 Å². The number of thioether (sulfide) groups is 2. The normalized spacial score (nSPS) is 12.4. The fourth-order valence-electron chi connectivity index (χ4n) is 1.57. The first-order chi connectivity index (χ1) is 11.3. The Morgan fingerprint density at radius 2 is 1.96 bits per heavy atom. The summed E-state index contributed by atoms with van der Waals surface area (Å²) in [7, 11) is 0. The summed E-state index contributed by atoms with van der Waals surface area (Å²) in [5.41, 5.74) is -0.169. The molecule has 1 N–H and O–H groups in total. The summed E-state index contributed by atoms with van der Waals surface area (Å²) in [4.78, 5) is 12.1. The van der Waals surface area contributed by atoms with Crippen molar-refractivity contribution in [2.75, 3.05) is 11.1 Å². The maximum atomic E-state index is 13.6. The Morgan fingerprint density at radius 3 is 2.67 bits per heavy atom. The summed E-state index contributed by atoms with van der Waals surface area (Å²) in [5.74, 6) is -0.195. The third-order valence-electron chi connectivity index (χ3n) is 2.76. The quantitative estimate of drug-likeness (QED) is 0.697. The smallest absolute Gasteiger partial charge is 0.237 e. The first kappa shape index (κ1) is 19.1. The lowest BCUT2D eigenvalue weighted by molar-refractivity contribution is -0.115. The van der Waals surface area contributed by atoms with E-state index in [0.717, 1.165) is 28.3 Å². The van der Waals surface area contributed by atoms with Crippen LogP contribution >= 0.6 is 34.9 Å². The molecule has 1 aromatic carbocycles. The second kappa shape index (κ2) is 8.77. The van der Waals surface area contributed by atoms with Gasteiger partial charge in [0.2, 0.25) is 5.91 Å². The van der Waals surface area contributed by atoms with Crippen LogP contribution in [-0.2, 0) is 4.79 Å². The van der Waals surface area contributed by atoms with E-state index in [0.29, 0.717) is 10.3 Å². The van der Waals surface area contributed by atoms with Crippen LogP contribution < -0.4 is 5.32 Å². The van der Waals surface area contributed by atoms with Crippen molar-refractivity contribution >= 4 is 46.5 Å². The van der Waals surface area contributed by atoms with Gasteiger partial charge < -0.3 is 5.32 Å². The van der Waals surface area contributed by atoms with Crippen molar-refractivity contribution in [2.24, 2.45) is 5.92 Å². The lowest BCUT2D eigenvalue weighted by atomic mass is 10.3. The molecule has 130 valence electrons. The van der Waals surface area contributed by atoms with Crippen LogP contribution in [0.25, 0.3) is 0 Å². The van der Waals surface area contributed by atoms with Crippen LogP contribution in [0.2, 0.25) is 0 Å². The fourth-order valence-corrected chi connectivity index (χ4v) is 4.71. The highest BCUT2D eigenvalue weighted by molar-refractivity contribution is 8.03. The van der Waals surface area contributed by atoms with Crippen molar-refractivity contribution in [3.05, 3.63) is 29.8 Å². The number of carbonyl (C=O) groups excluding carboxylic acids is 1. The number of carbonyl (C=O) groups is 1. The Labute approximate surface area is 151 Å². The molecule has 1 aromatic heterocycles. The molecule has 1 atom stereocenters. The number of benzene rings is 1. The molecule has 4 nitrogen and oxygen atoms in total. The van der Waals surface area contributed by atoms with E-state index in [2.05, 4.69) is 29.4 Å². The van der Waals surface area contributed by atoms with Gasteiger partial charge in [-0.25, -0.2) is 8.78 Å². The summed E-state index contributed by atoms with van der Waals surface area (Å²) in [6, 6.07) is 2.93. The third-order valence-corrected chi connectivity index (χ3v) is 6.43. The van der Waals surface area contributed by atoms with Crippen LogP contribution in [0.1, 0.15) is 20.8 Å². The molecule has 1 amide bonds. The van der Waals surface area contributed by atoms with Gasteiger partial charge in [0.05, 0.1) is 10.9 Å². The summed E-state index contributed by atoms with van der Waals surface area (Å²) in [5, 5.41) is 10.0. The van der Waals surface area contributed by atoms with Crippen molar-refractivity contribution in [3.63, 3.8) is 0 Å². The molecular weight excluding hydrogens is 372 g/mol. The molecule has 0 aliphatic carbocycles. The molecule has 0 fully saturated rings. The molecule has 0 saturated heterocycles. The zero-order valence-corrected chi connectivity index (χ0v) is 15.8. The second-order valence-corrected chi connectivity index (χ2v) is 9.24. The zero-order valence-electron chi connectivity index (χ0n) is 13.4. The number of nitrogens with one attached hydrogen (secondary N) is 1. The monoisotopic (exact) mass is 389 g/mol. The molecule has 1 heterocycles. The van der Waals surface area contributed by atoms with Crippen LogP contribution in [0.3, 0.4) is 0 Å². The van der Waals surface area contributed by atoms with E-state index in [-0.39, 0.29) is 5.69 Å². The first-order valence-electron chi connectivity index (χ1n) is 7.24. The summed E-state index contributed by atoms with van der Waals surface area (Å²) in [6.45, 7) is 5.93. The molecule has 0 bridgehead atoms. The van der Waals surface area contributed by atoms with Crippen LogP contribution in [0.4, 0.5) is 14.5 Å². The number of amides is 1. The van der Waals surface area contributed by atoms with Gasteiger partial charge in [-0.05, 0) is 25.0 Å². The molecule has 2 rings (SSSR count). The molecule has 0 aliphatic rings. The summed E-state index contributed by atoms with van der Waals surface area (Å²) < 4.78 is 28.2. The van der Waals surface area contributed by atoms with E-state index in [9.17, 15) is 13.6 Å². The molecule has 0 radical (unpaired) electrons. The van der Waals surface area contributed by atoms with Crippen LogP contribution in [0, 0.1) is 17.6 Å². The number of hydrogen-bond donors (Lipinski definition) is 1. The highest BCUT2D eigenvalue weighted by Gasteiger charge is 2.19. The molecular formula is C15H17F2N3OS3. The Morgan fingerprint density at radius 1 is 1.25 bits per heavy atom. The van der Waals surface area contributed by atoms with Gasteiger partial charge in [-0.3, -0.25) is 4.79 Å². The number of hydrogen-bond acceptors (Lipinski definition) is 6. The fraction of sp³-hybridized carbons (Fsp3) is 0.400. The molecule has 0 saturated carbocycles. The predicted molar refractivity (Wildman–Crippen MR) is 95.8 cm³/mol. The molecule has 0 spiro atoms. The lowest BCUT2D eigenvalue weighted by Crippen LogP contribution is -2.23. The Balaban J connectivity index is 1.93. The van der Waals surface area contributed by atoms with Gasteiger partial charge in [-0.1, -0.05) is 48.7 Å². The highest BCUT2D eigenvalue weighted by atomic mass is 32.2. The van der Waals surface area contributed by atoms with Gasteiger partial charge in [0.15, 0.2) is 8.68 Å². The first-order valence-corrected chi connectivity index (χ1v) is 9.92. The Bertz CT molecular complexity index is 709. The minimum atomic E-state index is -0.676. The number of aromatic nitrogens is 2. The molecule has 2 aromatic rings. The molecule has 0 unspecified atom stereocenters. The van der Waals surface area contributed by atoms with Crippen LogP contribution in [-0.4, -0.2) is 27.1 Å². The standard InChI is InChI=1S/C15H17F2N3OS3/c1-8(2)7-22-14-19-20-15(24-14)23-9(3)13(21)18-12-6-10(16)4-5-11(12)17/h4-6,8-9H,7H2,1-3H3,(H,18,21)/t9-/m0/s1. The van der Waals surface area contributed by atoms with E-state index < -0.39 is 22.8 Å². The van der Waals surface area contributed by atoms with Crippen molar-refractivity contribution in [1.29, 1.82) is 0 Å². The number of rotatable bonds is 7. The zero-order chi connectivity index (χ0) is 17.7. The number of halogens is 2. The minimum absolute atomic E-state index is 0.169. The number of nitrogens with zero attached hydrogens (tertiary/aromatic N) is 2. The van der Waals surface area contributed by atoms with Gasteiger partial charge >= 0.3 is 0 Å². The van der Waals surface area contributed by atoms with Crippen LogP contribution in [0.15, 0.2) is 26.9 Å². The molecule has 9 heteroatoms. The van der Waals surface area contributed by atoms with E-state index in [1.54, 1.807) is 18.7 Å². The lowest BCUT2D eigenvalue weighted by Gasteiger charge is -2.10. The number of anilines is 1. The van der Waals surface area contributed by atoms with Gasteiger partial charge in [0, 0.05) is 11.8 Å². The van der Waals surface area contributed by atoms with Crippen molar-refractivity contribution in [3.8, 4) is 0 Å². The predicted octanol–water partition coefficient (Wildman–Crippen LogP) is 4.68. The summed E-state index contributed by atoms with van der Waals surface area (Å²) in [6.07, 6.45) is 0. The largest absolute Gasteiger partial charge is 0.323 e. The molecule has 0 aliphatic heterocycles. The van der Waals surface area contributed by atoms with E-state index in [1.165, 1.54) is 23.1 Å². The van der Waals surface area contributed by atoms with E-state index in [4.69, 9.17) is 0 Å². The Kier molecular flexibility index (Phi) is 7.00. The Hall–Kier alpha value is -1.19. The topological polar surface area (TPSA) is 54.9 Å². The maximum absolute atomic E-state index is 13.6.